The lowest BCUT2D eigenvalue weighted by atomic mass is 9.92. The Morgan fingerprint density at radius 3 is 2.42 bits per heavy atom. The van der Waals surface area contributed by atoms with E-state index >= 15 is 0 Å². The van der Waals surface area contributed by atoms with Crippen LogP contribution in [0.2, 0.25) is 0 Å². The number of aliphatic imine (C=N–C) groups is 1. The molecular weight excluding hydrogens is 240 g/mol. The number of methoxy groups -OCH3 is 1. The average molecular weight is 270 g/mol. The van der Waals surface area contributed by atoms with Gasteiger partial charge in [0, 0.05) is 46.9 Å². The highest BCUT2D eigenvalue weighted by Gasteiger charge is 2.21. The van der Waals surface area contributed by atoms with Gasteiger partial charge in [-0.25, -0.2) is 0 Å². The largest absolute Gasteiger partial charge is 0.383 e. The molecule has 0 saturated carbocycles. The van der Waals surface area contributed by atoms with Crippen LogP contribution in [0.1, 0.15) is 20.3 Å². The third kappa shape index (κ3) is 6.78. The van der Waals surface area contributed by atoms with Gasteiger partial charge in [-0.15, -0.1) is 0 Å². The summed E-state index contributed by atoms with van der Waals surface area (Å²) in [4.78, 5) is 6.74. The predicted molar refractivity (Wildman–Crippen MR) is 80.6 cm³/mol. The molecule has 0 spiro atoms. The van der Waals surface area contributed by atoms with Crippen molar-refractivity contribution in [3.8, 4) is 0 Å². The van der Waals surface area contributed by atoms with Crippen LogP contribution in [0.4, 0.5) is 0 Å². The molecule has 19 heavy (non-hydrogen) atoms. The molecule has 2 unspecified atom stereocenters. The molecule has 0 aromatic rings. The van der Waals surface area contributed by atoms with E-state index in [2.05, 4.69) is 34.4 Å². The fourth-order valence-corrected chi connectivity index (χ4v) is 2.80. The quantitative estimate of drug-likeness (QED) is 0.425. The lowest BCUT2D eigenvalue weighted by molar-refractivity contribution is 0.143. The molecule has 5 heteroatoms. The highest BCUT2D eigenvalue weighted by molar-refractivity contribution is 5.79. The third-order valence-electron chi connectivity index (χ3n) is 3.49. The lowest BCUT2D eigenvalue weighted by Gasteiger charge is -2.35. The molecule has 1 fully saturated rings. The van der Waals surface area contributed by atoms with Crippen molar-refractivity contribution in [1.82, 2.24) is 15.5 Å². The van der Waals surface area contributed by atoms with Crippen LogP contribution < -0.4 is 10.6 Å². The summed E-state index contributed by atoms with van der Waals surface area (Å²) in [6.45, 7) is 10.6. The lowest BCUT2D eigenvalue weighted by Crippen LogP contribution is -2.45. The van der Waals surface area contributed by atoms with Crippen molar-refractivity contribution < 1.29 is 4.74 Å². The molecular formula is C14H30N4O. The van der Waals surface area contributed by atoms with Gasteiger partial charge in [-0.3, -0.25) is 4.99 Å². The normalized spacial score (nSPS) is 25.4. The second kappa shape index (κ2) is 9.15. The summed E-state index contributed by atoms with van der Waals surface area (Å²) in [5.41, 5.74) is 0. The zero-order valence-corrected chi connectivity index (χ0v) is 12.9. The van der Waals surface area contributed by atoms with Gasteiger partial charge in [0.05, 0.1) is 6.61 Å². The summed E-state index contributed by atoms with van der Waals surface area (Å²) < 4.78 is 5.01. The Morgan fingerprint density at radius 1 is 1.21 bits per heavy atom. The predicted octanol–water partition coefficient (Wildman–Crippen LogP) is 0.776. The van der Waals surface area contributed by atoms with E-state index in [0.29, 0.717) is 6.61 Å². The van der Waals surface area contributed by atoms with Crippen molar-refractivity contribution in [3.05, 3.63) is 0 Å². The van der Waals surface area contributed by atoms with Gasteiger partial charge in [0.1, 0.15) is 0 Å². The van der Waals surface area contributed by atoms with E-state index in [4.69, 9.17) is 4.74 Å². The Labute approximate surface area is 117 Å². The van der Waals surface area contributed by atoms with E-state index in [9.17, 15) is 0 Å². The highest BCUT2D eigenvalue weighted by atomic mass is 16.5. The maximum atomic E-state index is 5.01. The Bertz CT molecular complexity index is 260. The van der Waals surface area contributed by atoms with Crippen LogP contribution >= 0.6 is 0 Å². The van der Waals surface area contributed by atoms with Crippen LogP contribution in [0.25, 0.3) is 0 Å². The highest BCUT2D eigenvalue weighted by Crippen LogP contribution is 2.20. The van der Waals surface area contributed by atoms with Crippen LogP contribution in [0, 0.1) is 11.8 Å². The fraction of sp³-hybridized carbons (Fsp3) is 0.929. The van der Waals surface area contributed by atoms with Crippen molar-refractivity contribution in [1.29, 1.82) is 0 Å². The van der Waals surface area contributed by atoms with Gasteiger partial charge in [-0.05, 0) is 18.3 Å². The zero-order valence-electron chi connectivity index (χ0n) is 12.9. The number of piperidine rings is 1. The number of guanidine groups is 1. The maximum Gasteiger partial charge on any atom is 0.191 e. The van der Waals surface area contributed by atoms with E-state index in [1.54, 1.807) is 14.2 Å². The SMILES string of the molecule is CN=C(NCCOC)NCCN1CC(C)CC(C)C1. The van der Waals surface area contributed by atoms with E-state index < -0.39 is 0 Å². The number of hydrogen-bond acceptors (Lipinski definition) is 3. The average Bonchev–Trinajstić information content (AvgIpc) is 2.36. The number of likely N-dealkylation sites (tertiary alicyclic amines) is 1. The van der Waals surface area contributed by atoms with Gasteiger partial charge in [0.2, 0.25) is 0 Å². The Kier molecular flexibility index (Phi) is 7.82. The second-order valence-electron chi connectivity index (χ2n) is 5.62. The minimum absolute atomic E-state index is 0.696. The van der Waals surface area contributed by atoms with E-state index in [0.717, 1.165) is 37.4 Å². The summed E-state index contributed by atoms with van der Waals surface area (Å²) in [5, 5.41) is 6.57. The first-order chi connectivity index (χ1) is 9.15. The third-order valence-corrected chi connectivity index (χ3v) is 3.49. The molecule has 0 bridgehead atoms. The molecule has 1 rings (SSSR count). The van der Waals surface area contributed by atoms with E-state index in [1.807, 2.05) is 0 Å². The van der Waals surface area contributed by atoms with E-state index in [1.165, 1.54) is 19.5 Å². The number of ether oxygens (including phenoxy) is 1. The first kappa shape index (κ1) is 16.2. The number of rotatable bonds is 6. The standard InChI is InChI=1S/C14H30N4O/c1-12-9-13(2)11-18(10-12)7-5-16-14(15-3)17-6-8-19-4/h12-13H,5-11H2,1-4H3,(H2,15,16,17). The van der Waals surface area contributed by atoms with Gasteiger partial charge in [-0.1, -0.05) is 13.8 Å². The summed E-state index contributed by atoms with van der Waals surface area (Å²) in [5.74, 6) is 2.50. The molecule has 0 aromatic carbocycles. The first-order valence-corrected chi connectivity index (χ1v) is 7.31. The van der Waals surface area contributed by atoms with Crippen molar-refractivity contribution >= 4 is 5.96 Å². The smallest absolute Gasteiger partial charge is 0.191 e. The second-order valence-corrected chi connectivity index (χ2v) is 5.62. The Morgan fingerprint density at radius 2 is 1.84 bits per heavy atom. The Balaban J connectivity index is 2.17. The van der Waals surface area contributed by atoms with E-state index in [-0.39, 0.29) is 0 Å². The first-order valence-electron chi connectivity index (χ1n) is 7.31. The fourth-order valence-electron chi connectivity index (χ4n) is 2.80. The minimum Gasteiger partial charge on any atom is -0.383 e. The van der Waals surface area contributed by atoms with Gasteiger partial charge >= 0.3 is 0 Å². The van der Waals surface area contributed by atoms with Gasteiger partial charge in [0.15, 0.2) is 5.96 Å². The number of nitrogens with one attached hydrogen (secondary N) is 2. The molecule has 5 nitrogen and oxygen atoms in total. The monoisotopic (exact) mass is 270 g/mol. The van der Waals surface area contributed by atoms with Gasteiger partial charge < -0.3 is 20.3 Å². The maximum absolute atomic E-state index is 5.01. The molecule has 1 heterocycles. The molecule has 1 saturated heterocycles. The van der Waals surface area contributed by atoms with Crippen molar-refractivity contribution in [2.24, 2.45) is 16.8 Å². The molecule has 112 valence electrons. The molecule has 0 amide bonds. The summed E-state index contributed by atoms with van der Waals surface area (Å²) in [7, 11) is 3.50. The molecule has 2 N–H and O–H groups in total. The number of nitrogens with zero attached hydrogens (tertiary/aromatic N) is 2. The summed E-state index contributed by atoms with van der Waals surface area (Å²) in [6, 6.07) is 0. The zero-order chi connectivity index (χ0) is 14.1. The van der Waals surface area contributed by atoms with Crippen LogP contribution in [0.15, 0.2) is 4.99 Å². The van der Waals surface area contributed by atoms with Crippen LogP contribution in [0.3, 0.4) is 0 Å². The summed E-state index contributed by atoms with van der Waals surface area (Å²) >= 11 is 0. The summed E-state index contributed by atoms with van der Waals surface area (Å²) in [6.07, 6.45) is 1.37. The van der Waals surface area contributed by atoms with Crippen LogP contribution in [-0.2, 0) is 4.74 Å². The molecule has 1 aliphatic rings. The molecule has 1 aliphatic heterocycles. The Hall–Kier alpha value is -0.810. The van der Waals surface area contributed by atoms with Crippen molar-refractivity contribution in [2.45, 2.75) is 20.3 Å². The molecule has 2 atom stereocenters. The van der Waals surface area contributed by atoms with Crippen molar-refractivity contribution in [3.63, 3.8) is 0 Å². The minimum atomic E-state index is 0.696. The number of hydrogen-bond donors (Lipinski definition) is 2. The molecule has 0 aliphatic carbocycles. The van der Waals surface area contributed by atoms with Gasteiger partial charge in [-0.2, -0.15) is 0 Å². The molecule has 0 aromatic heterocycles. The topological polar surface area (TPSA) is 48.9 Å². The van der Waals surface area contributed by atoms with Crippen molar-refractivity contribution in [2.75, 3.05) is 53.5 Å². The van der Waals surface area contributed by atoms with Crippen LogP contribution in [-0.4, -0.2) is 64.3 Å². The molecule has 0 radical (unpaired) electrons. The van der Waals surface area contributed by atoms with Crippen LogP contribution in [0.5, 0.6) is 0 Å². The van der Waals surface area contributed by atoms with Gasteiger partial charge in [0.25, 0.3) is 0 Å².